The Hall–Kier alpha value is -1.75. The number of sulfonamides is 1. The maximum Gasteiger partial charge on any atom is 0.228 e. The summed E-state index contributed by atoms with van der Waals surface area (Å²) in [4.78, 5) is 18.5. The molecule has 0 amide bonds. The molecule has 5 rings (SSSR count). The van der Waals surface area contributed by atoms with Gasteiger partial charge < -0.3 is 10.2 Å². The van der Waals surface area contributed by atoms with Crippen molar-refractivity contribution in [2.75, 3.05) is 61.8 Å². The molecule has 2 aromatic heterocycles. The van der Waals surface area contributed by atoms with Crippen LogP contribution in [-0.2, 0) is 10.0 Å². The van der Waals surface area contributed by atoms with Crippen molar-refractivity contribution >= 4 is 44.3 Å². The van der Waals surface area contributed by atoms with E-state index < -0.39 is 10.0 Å². The van der Waals surface area contributed by atoms with Crippen molar-refractivity contribution in [3.8, 4) is 0 Å². The van der Waals surface area contributed by atoms with Crippen molar-refractivity contribution in [2.45, 2.75) is 38.1 Å². The van der Waals surface area contributed by atoms with E-state index in [1.165, 1.54) is 19.4 Å². The number of nitrogens with one attached hydrogen (secondary N) is 1. The summed E-state index contributed by atoms with van der Waals surface area (Å²) in [7, 11) is -3.28. The summed E-state index contributed by atoms with van der Waals surface area (Å²) >= 11 is 6.14. The van der Waals surface area contributed by atoms with Gasteiger partial charge in [0.25, 0.3) is 0 Å². The molecule has 1 unspecified atom stereocenters. The third-order valence-corrected chi connectivity index (χ3v) is 8.85. The third-order valence-electron chi connectivity index (χ3n) is 6.77. The number of fused-ring (bicyclic) bond motifs is 2. The number of halogens is 1. The summed E-state index contributed by atoms with van der Waals surface area (Å²) in [5.74, 6) is 1.31. The van der Waals surface area contributed by atoms with E-state index in [1.807, 2.05) is 0 Å². The molecule has 174 valence electrons. The van der Waals surface area contributed by atoms with Gasteiger partial charge in [-0.15, -0.1) is 0 Å². The van der Waals surface area contributed by atoms with Crippen LogP contribution in [0, 0.1) is 0 Å². The van der Waals surface area contributed by atoms with E-state index in [0.717, 1.165) is 44.3 Å². The van der Waals surface area contributed by atoms with Crippen molar-refractivity contribution in [3.05, 3.63) is 17.4 Å². The highest BCUT2D eigenvalue weighted by Gasteiger charge is 2.32. The molecule has 11 heteroatoms. The zero-order chi connectivity index (χ0) is 22.1. The predicted molar refractivity (Wildman–Crippen MR) is 127 cm³/mol. The van der Waals surface area contributed by atoms with Crippen LogP contribution in [0.4, 0.5) is 11.8 Å². The monoisotopic (exact) mass is 479 g/mol. The van der Waals surface area contributed by atoms with E-state index in [2.05, 4.69) is 20.1 Å². The van der Waals surface area contributed by atoms with Crippen molar-refractivity contribution < 1.29 is 8.42 Å². The Morgan fingerprint density at radius 2 is 1.91 bits per heavy atom. The Balaban J connectivity index is 1.35. The normalized spacial score (nSPS) is 22.9. The smallest absolute Gasteiger partial charge is 0.228 e. The lowest BCUT2D eigenvalue weighted by Gasteiger charge is -2.37. The Morgan fingerprint density at radius 1 is 1.06 bits per heavy atom. The molecular weight excluding hydrogens is 450 g/mol. The van der Waals surface area contributed by atoms with Gasteiger partial charge in [0.2, 0.25) is 16.0 Å². The molecule has 0 bridgehead atoms. The summed E-state index contributed by atoms with van der Waals surface area (Å²) in [6.45, 7) is 5.51. The number of hydrogen-bond donors (Lipinski definition) is 1. The second-order valence-electron chi connectivity index (χ2n) is 8.88. The Morgan fingerprint density at radius 3 is 2.75 bits per heavy atom. The van der Waals surface area contributed by atoms with Crippen molar-refractivity contribution in [3.63, 3.8) is 0 Å². The van der Waals surface area contributed by atoms with Crippen LogP contribution in [0.5, 0.6) is 0 Å². The Bertz CT molecular complexity index is 1080. The van der Waals surface area contributed by atoms with Gasteiger partial charge in [-0.2, -0.15) is 4.98 Å². The highest BCUT2D eigenvalue weighted by Crippen LogP contribution is 2.28. The molecule has 0 saturated carbocycles. The van der Waals surface area contributed by atoms with E-state index in [1.54, 1.807) is 16.6 Å². The molecule has 1 N–H and O–H groups in total. The molecule has 9 nitrogen and oxygen atoms in total. The van der Waals surface area contributed by atoms with E-state index in [4.69, 9.17) is 21.6 Å². The fourth-order valence-electron chi connectivity index (χ4n) is 5.01. The number of anilines is 2. The van der Waals surface area contributed by atoms with Gasteiger partial charge >= 0.3 is 0 Å². The largest absolute Gasteiger partial charge is 0.368 e. The van der Waals surface area contributed by atoms with Gasteiger partial charge in [-0.3, -0.25) is 4.90 Å². The first-order valence-electron chi connectivity index (χ1n) is 11.5. The van der Waals surface area contributed by atoms with Gasteiger partial charge in [-0.05, 0) is 38.3 Å². The molecule has 3 saturated heterocycles. The maximum absolute atomic E-state index is 12.7. The van der Waals surface area contributed by atoms with Crippen LogP contribution in [0.25, 0.3) is 10.9 Å². The van der Waals surface area contributed by atoms with E-state index >= 15 is 0 Å². The van der Waals surface area contributed by atoms with Crippen LogP contribution in [0.1, 0.15) is 32.1 Å². The molecule has 3 aliphatic heterocycles. The lowest BCUT2D eigenvalue weighted by atomic mass is 10.1. The molecule has 5 heterocycles. The summed E-state index contributed by atoms with van der Waals surface area (Å²) in [5, 5.41) is 4.37. The first-order chi connectivity index (χ1) is 15.5. The van der Waals surface area contributed by atoms with Gasteiger partial charge in [0, 0.05) is 50.7 Å². The summed E-state index contributed by atoms with van der Waals surface area (Å²) in [6.07, 6.45) is 7.09. The van der Waals surface area contributed by atoms with Crippen LogP contribution in [0.15, 0.2) is 12.3 Å². The van der Waals surface area contributed by atoms with Crippen LogP contribution in [-0.4, -0.2) is 90.2 Å². The standard InChI is InChI=1S/C21H30ClN7O2S/c22-19-13-17-18(14-24-19)25-21(28-11-10-27-7-4-5-16(27)15-28)26-20(17)23-6-12-32(30,31)29-8-2-1-3-9-29/h13-14,16H,1-12,15H2,(H,23,25,26). The van der Waals surface area contributed by atoms with Gasteiger partial charge in [-0.25, -0.2) is 22.7 Å². The average Bonchev–Trinajstić information content (AvgIpc) is 3.27. The molecular formula is C21H30ClN7O2S. The summed E-state index contributed by atoms with van der Waals surface area (Å²) in [5.41, 5.74) is 0.703. The molecule has 0 aromatic carbocycles. The minimum atomic E-state index is -3.28. The van der Waals surface area contributed by atoms with E-state index in [-0.39, 0.29) is 12.3 Å². The van der Waals surface area contributed by atoms with Crippen LogP contribution in [0.2, 0.25) is 5.15 Å². The number of nitrogens with zero attached hydrogens (tertiary/aromatic N) is 6. The van der Waals surface area contributed by atoms with Crippen LogP contribution < -0.4 is 10.2 Å². The minimum absolute atomic E-state index is 0.0351. The van der Waals surface area contributed by atoms with Gasteiger partial charge in [0.15, 0.2) is 0 Å². The lowest BCUT2D eigenvalue weighted by Crippen LogP contribution is -2.50. The molecule has 3 fully saturated rings. The summed E-state index contributed by atoms with van der Waals surface area (Å²) in [6, 6.07) is 2.29. The van der Waals surface area contributed by atoms with E-state index in [0.29, 0.717) is 41.6 Å². The fraction of sp³-hybridized carbons (Fsp3) is 0.667. The molecule has 0 spiro atoms. The number of rotatable bonds is 6. The number of piperazine rings is 1. The molecule has 2 aromatic rings. The SMILES string of the molecule is O=S(=O)(CCNc1nc(N2CCN3CCCC3C2)nc2cnc(Cl)cc12)N1CCCCC1. The Labute approximate surface area is 194 Å². The fourth-order valence-corrected chi connectivity index (χ4v) is 6.60. The third kappa shape index (κ3) is 4.64. The highest BCUT2D eigenvalue weighted by molar-refractivity contribution is 7.89. The molecule has 32 heavy (non-hydrogen) atoms. The highest BCUT2D eigenvalue weighted by atomic mass is 35.5. The second-order valence-corrected chi connectivity index (χ2v) is 11.4. The van der Waals surface area contributed by atoms with Gasteiger partial charge in [0.1, 0.15) is 11.0 Å². The lowest BCUT2D eigenvalue weighted by molar-refractivity contribution is 0.230. The summed E-state index contributed by atoms with van der Waals surface area (Å²) < 4.78 is 27.1. The Kier molecular flexibility index (Phi) is 6.37. The van der Waals surface area contributed by atoms with Crippen molar-refractivity contribution in [2.24, 2.45) is 0 Å². The molecule has 0 aliphatic carbocycles. The van der Waals surface area contributed by atoms with Crippen LogP contribution in [0.3, 0.4) is 0 Å². The number of piperidine rings is 1. The first kappa shape index (κ1) is 22.1. The van der Waals surface area contributed by atoms with Crippen molar-refractivity contribution in [1.82, 2.24) is 24.2 Å². The van der Waals surface area contributed by atoms with Crippen LogP contribution >= 0.6 is 11.6 Å². The topological polar surface area (TPSA) is 94.6 Å². The molecule has 3 aliphatic rings. The first-order valence-corrected chi connectivity index (χ1v) is 13.5. The van der Waals surface area contributed by atoms with Crippen molar-refractivity contribution in [1.29, 1.82) is 0 Å². The minimum Gasteiger partial charge on any atom is -0.368 e. The quantitative estimate of drug-likeness (QED) is 0.630. The zero-order valence-corrected chi connectivity index (χ0v) is 19.8. The predicted octanol–water partition coefficient (Wildman–Crippen LogP) is 2.19. The van der Waals surface area contributed by atoms with E-state index in [9.17, 15) is 8.42 Å². The number of hydrogen-bond acceptors (Lipinski definition) is 8. The maximum atomic E-state index is 12.7. The molecule has 0 radical (unpaired) electrons. The zero-order valence-electron chi connectivity index (χ0n) is 18.2. The molecule has 1 atom stereocenters. The van der Waals surface area contributed by atoms with Gasteiger partial charge in [0.05, 0.1) is 17.5 Å². The van der Waals surface area contributed by atoms with Gasteiger partial charge in [-0.1, -0.05) is 18.0 Å². The number of pyridine rings is 1. The second kappa shape index (κ2) is 9.24. The average molecular weight is 480 g/mol. The number of aromatic nitrogens is 3.